The molecule has 0 saturated carbocycles. The molecule has 5 N–H and O–H groups in total. The third kappa shape index (κ3) is 4.27. The molecule has 5 atom stereocenters. The molecule has 126 valence electrons. The number of rotatable bonds is 5. The minimum absolute atomic E-state index is 0.307. The van der Waals surface area contributed by atoms with E-state index in [9.17, 15) is 20.1 Å². The second kappa shape index (κ2) is 7.53. The summed E-state index contributed by atoms with van der Waals surface area (Å²) in [5.41, 5.74) is 0.633. The van der Waals surface area contributed by atoms with Crippen LogP contribution in [0.4, 0.5) is 0 Å². The number of ether oxygens (including phenoxy) is 2. The lowest BCUT2D eigenvalue weighted by atomic mass is 9.99. The first-order chi connectivity index (χ1) is 10.9. The summed E-state index contributed by atoms with van der Waals surface area (Å²) in [4.78, 5) is 10.4. The van der Waals surface area contributed by atoms with Crippen molar-refractivity contribution in [2.24, 2.45) is 0 Å². The molecule has 8 nitrogen and oxygen atoms in total. The van der Waals surface area contributed by atoms with Crippen molar-refractivity contribution in [3.8, 4) is 5.75 Å². The summed E-state index contributed by atoms with van der Waals surface area (Å²) >= 11 is 0. The number of carbonyl (C=O) groups is 1. The van der Waals surface area contributed by atoms with Crippen LogP contribution in [-0.2, 0) is 9.53 Å². The first kappa shape index (κ1) is 17.4. The van der Waals surface area contributed by atoms with Crippen LogP contribution in [0.1, 0.15) is 5.56 Å². The topological polar surface area (TPSA) is 137 Å². The quantitative estimate of drug-likeness (QED) is 0.433. The van der Waals surface area contributed by atoms with Crippen molar-refractivity contribution in [2.45, 2.75) is 30.7 Å². The molecule has 1 aliphatic heterocycles. The van der Waals surface area contributed by atoms with Gasteiger partial charge in [0.05, 0.1) is 6.61 Å². The van der Waals surface area contributed by atoms with Gasteiger partial charge in [-0.1, -0.05) is 12.1 Å². The molecule has 0 spiro atoms. The predicted octanol–water partition coefficient (Wildman–Crippen LogP) is -1.04. The zero-order chi connectivity index (χ0) is 17.0. The highest BCUT2D eigenvalue weighted by Gasteiger charge is 2.44. The molecule has 1 aliphatic rings. The van der Waals surface area contributed by atoms with E-state index in [2.05, 4.69) is 0 Å². The van der Waals surface area contributed by atoms with Crippen LogP contribution < -0.4 is 4.74 Å². The van der Waals surface area contributed by atoms with Crippen LogP contribution in [0.3, 0.4) is 0 Å². The van der Waals surface area contributed by atoms with Gasteiger partial charge in [-0.3, -0.25) is 0 Å². The molecule has 1 aromatic rings. The van der Waals surface area contributed by atoms with Gasteiger partial charge in [-0.2, -0.15) is 0 Å². The van der Waals surface area contributed by atoms with Gasteiger partial charge < -0.3 is 35.0 Å². The Morgan fingerprint density at radius 2 is 1.78 bits per heavy atom. The lowest BCUT2D eigenvalue weighted by Crippen LogP contribution is -2.60. The number of hydrogen-bond donors (Lipinski definition) is 5. The molecular weight excluding hydrogens is 308 g/mol. The van der Waals surface area contributed by atoms with Crippen molar-refractivity contribution in [1.29, 1.82) is 0 Å². The summed E-state index contributed by atoms with van der Waals surface area (Å²) in [6.07, 6.45) is -4.35. The normalized spacial score (nSPS) is 31.2. The minimum atomic E-state index is -1.51. The van der Waals surface area contributed by atoms with Gasteiger partial charge >= 0.3 is 5.97 Å². The molecule has 0 aliphatic carbocycles. The fraction of sp³-hybridized carbons (Fsp3) is 0.400. The van der Waals surface area contributed by atoms with Crippen LogP contribution in [0.5, 0.6) is 5.75 Å². The molecule has 1 fully saturated rings. The van der Waals surface area contributed by atoms with Crippen LogP contribution in [-0.4, -0.2) is 68.8 Å². The Bertz CT molecular complexity index is 553. The first-order valence-electron chi connectivity index (χ1n) is 6.90. The molecular formula is C15H18O8. The molecule has 0 aromatic heterocycles. The van der Waals surface area contributed by atoms with Gasteiger partial charge in [0.15, 0.2) is 0 Å². The number of aliphatic hydroxyl groups is 4. The van der Waals surface area contributed by atoms with Gasteiger partial charge in [-0.15, -0.1) is 0 Å². The maximum atomic E-state index is 10.4. The minimum Gasteiger partial charge on any atom is -0.478 e. The van der Waals surface area contributed by atoms with E-state index < -0.39 is 43.3 Å². The molecule has 2 rings (SSSR count). The van der Waals surface area contributed by atoms with Gasteiger partial charge in [-0.05, 0) is 23.8 Å². The Hall–Kier alpha value is -1.97. The van der Waals surface area contributed by atoms with Crippen molar-refractivity contribution in [2.75, 3.05) is 6.61 Å². The maximum absolute atomic E-state index is 10.4. The number of carboxylic acid groups (broad SMARTS) is 1. The van der Waals surface area contributed by atoms with Crippen molar-refractivity contribution in [3.63, 3.8) is 0 Å². The highest BCUT2D eigenvalue weighted by molar-refractivity contribution is 5.85. The Morgan fingerprint density at radius 1 is 1.13 bits per heavy atom. The first-order valence-corrected chi connectivity index (χ1v) is 6.90. The monoisotopic (exact) mass is 326 g/mol. The number of carboxylic acids is 1. The van der Waals surface area contributed by atoms with E-state index in [1.54, 1.807) is 12.1 Å². The fourth-order valence-corrected chi connectivity index (χ4v) is 2.12. The average Bonchev–Trinajstić information content (AvgIpc) is 2.54. The van der Waals surface area contributed by atoms with Gasteiger partial charge in [0.25, 0.3) is 0 Å². The van der Waals surface area contributed by atoms with Crippen molar-refractivity contribution in [1.82, 2.24) is 0 Å². The van der Waals surface area contributed by atoms with E-state index in [-0.39, 0.29) is 0 Å². The molecule has 1 aromatic carbocycles. The molecule has 0 bridgehead atoms. The predicted molar refractivity (Wildman–Crippen MR) is 77.5 cm³/mol. The fourth-order valence-electron chi connectivity index (χ4n) is 2.12. The van der Waals surface area contributed by atoms with Crippen LogP contribution in [0.2, 0.25) is 0 Å². The van der Waals surface area contributed by atoms with Crippen molar-refractivity contribution >= 4 is 12.0 Å². The standard InChI is InChI=1S/C15H18O8/c16-7-10-12(19)13(20)14(21)15(23-10)22-9-4-1-8(2-5-9)3-6-11(17)18/h1-6,10,12-16,19-21H,7H2,(H,17,18)/b6-3+. The number of aliphatic hydroxyl groups excluding tert-OH is 4. The number of aliphatic carboxylic acids is 1. The smallest absolute Gasteiger partial charge is 0.328 e. The lowest BCUT2D eigenvalue weighted by molar-refractivity contribution is -0.277. The van der Waals surface area contributed by atoms with Gasteiger partial charge in [0.2, 0.25) is 6.29 Å². The van der Waals surface area contributed by atoms with Gasteiger partial charge in [-0.25, -0.2) is 4.79 Å². The Kier molecular flexibility index (Phi) is 5.69. The zero-order valence-corrected chi connectivity index (χ0v) is 12.0. The second-order valence-corrected chi connectivity index (χ2v) is 5.06. The molecule has 23 heavy (non-hydrogen) atoms. The lowest BCUT2D eigenvalue weighted by Gasteiger charge is -2.39. The van der Waals surface area contributed by atoms with E-state index in [1.165, 1.54) is 18.2 Å². The number of benzene rings is 1. The van der Waals surface area contributed by atoms with E-state index >= 15 is 0 Å². The van der Waals surface area contributed by atoms with Crippen molar-refractivity contribution < 1.29 is 39.8 Å². The highest BCUT2D eigenvalue weighted by Crippen LogP contribution is 2.24. The summed E-state index contributed by atoms with van der Waals surface area (Å²) in [7, 11) is 0. The summed E-state index contributed by atoms with van der Waals surface area (Å²) < 4.78 is 10.6. The summed E-state index contributed by atoms with van der Waals surface area (Å²) in [6, 6.07) is 6.25. The third-order valence-corrected chi connectivity index (χ3v) is 3.40. The summed E-state index contributed by atoms with van der Waals surface area (Å²) in [5, 5.41) is 46.9. The SMILES string of the molecule is O=C(O)/C=C/c1ccc(OC2OC(CO)C(O)C(O)C2O)cc1. The van der Waals surface area contributed by atoms with Crippen molar-refractivity contribution in [3.05, 3.63) is 35.9 Å². The van der Waals surface area contributed by atoms with Crippen LogP contribution >= 0.6 is 0 Å². The van der Waals surface area contributed by atoms with E-state index in [1.807, 2.05) is 0 Å². The molecule has 8 heteroatoms. The molecule has 1 heterocycles. The van der Waals surface area contributed by atoms with E-state index in [4.69, 9.17) is 19.7 Å². The van der Waals surface area contributed by atoms with E-state index in [0.717, 1.165) is 6.08 Å². The highest BCUT2D eigenvalue weighted by atomic mass is 16.7. The van der Waals surface area contributed by atoms with Gasteiger partial charge in [0, 0.05) is 6.08 Å². The number of hydrogen-bond acceptors (Lipinski definition) is 7. The van der Waals surface area contributed by atoms with Crippen LogP contribution in [0.15, 0.2) is 30.3 Å². The maximum Gasteiger partial charge on any atom is 0.328 e. The Morgan fingerprint density at radius 3 is 2.35 bits per heavy atom. The molecule has 0 radical (unpaired) electrons. The molecule has 1 saturated heterocycles. The Labute approximate surface area is 131 Å². The van der Waals surface area contributed by atoms with Gasteiger partial charge in [0.1, 0.15) is 30.2 Å². The summed E-state index contributed by atoms with van der Waals surface area (Å²) in [5.74, 6) is -0.756. The third-order valence-electron chi connectivity index (χ3n) is 3.40. The Balaban J connectivity index is 2.04. The van der Waals surface area contributed by atoms with Crippen LogP contribution in [0, 0.1) is 0 Å². The largest absolute Gasteiger partial charge is 0.478 e. The second-order valence-electron chi connectivity index (χ2n) is 5.06. The molecule has 0 amide bonds. The summed E-state index contributed by atoms with van der Waals surface area (Å²) in [6.45, 7) is -0.538. The molecule has 5 unspecified atom stereocenters. The average molecular weight is 326 g/mol. The zero-order valence-electron chi connectivity index (χ0n) is 12.0. The van der Waals surface area contributed by atoms with Crippen LogP contribution in [0.25, 0.3) is 6.08 Å². The van der Waals surface area contributed by atoms with E-state index in [0.29, 0.717) is 11.3 Å².